The van der Waals surface area contributed by atoms with Crippen LogP contribution in [0.25, 0.3) is 11.0 Å². The summed E-state index contributed by atoms with van der Waals surface area (Å²) >= 11 is 0. The number of hydrogen-bond acceptors (Lipinski definition) is 4. The van der Waals surface area contributed by atoms with E-state index in [1.165, 1.54) is 6.07 Å². The number of H-pyrrole nitrogens is 1. The predicted octanol–water partition coefficient (Wildman–Crippen LogP) is 4.02. The van der Waals surface area contributed by atoms with Crippen molar-refractivity contribution in [2.24, 2.45) is 0 Å². The zero-order chi connectivity index (χ0) is 19.5. The Balaban J connectivity index is 1.50. The van der Waals surface area contributed by atoms with Crippen LogP contribution in [-0.4, -0.2) is 27.0 Å². The summed E-state index contributed by atoms with van der Waals surface area (Å²) in [6.07, 6.45) is 7.66. The monoisotopic (exact) mass is 380 g/mol. The number of fused-ring (bicyclic) bond motifs is 1. The molecule has 0 saturated carbocycles. The molecule has 0 aliphatic rings. The zero-order valence-electron chi connectivity index (χ0n) is 15.2. The molecule has 4 aromatic heterocycles. The molecular weight excluding hydrogens is 362 g/mol. The van der Waals surface area contributed by atoms with Crippen LogP contribution in [0.3, 0.4) is 0 Å². The van der Waals surface area contributed by atoms with Gasteiger partial charge in [0.2, 0.25) is 5.95 Å². The van der Waals surface area contributed by atoms with Crippen molar-refractivity contribution in [3.8, 4) is 5.75 Å². The van der Waals surface area contributed by atoms with Crippen LogP contribution in [0.2, 0.25) is 0 Å². The number of nitrogens with zero attached hydrogens (tertiary/aromatic N) is 3. The Labute approximate surface area is 160 Å². The van der Waals surface area contributed by atoms with Gasteiger partial charge in [0.1, 0.15) is 17.2 Å². The van der Waals surface area contributed by atoms with Gasteiger partial charge < -0.3 is 9.72 Å². The highest BCUT2D eigenvalue weighted by Crippen LogP contribution is 2.24. The first-order valence-electron chi connectivity index (χ1n) is 8.86. The summed E-state index contributed by atoms with van der Waals surface area (Å²) in [5.41, 5.74) is 3.52. The summed E-state index contributed by atoms with van der Waals surface area (Å²) < 4.78 is 33.0. The Bertz CT molecular complexity index is 1130. The molecule has 4 rings (SSSR count). The van der Waals surface area contributed by atoms with Gasteiger partial charge in [-0.15, -0.1) is 0 Å². The molecule has 4 aromatic rings. The number of hydrogen-bond donors (Lipinski definition) is 1. The summed E-state index contributed by atoms with van der Waals surface area (Å²) in [4.78, 5) is 15.3. The summed E-state index contributed by atoms with van der Waals surface area (Å²) in [6, 6.07) is 6.85. The third-order valence-corrected chi connectivity index (χ3v) is 4.62. The normalized spacial score (nSPS) is 11.1. The Morgan fingerprint density at radius 3 is 2.71 bits per heavy atom. The standard InChI is InChI=1S/C21H18F2N4O/c1-28-18-8-19-15(10-25-21(19)26-12-18)7-14-3-5-17(27-20(14)23)4-2-13-6-16(22)11-24-9-13/h3,5-6,8-12H,2,4,7H2,1H3,(H,25,26). The first kappa shape index (κ1) is 18.0. The van der Waals surface area contributed by atoms with Crippen molar-refractivity contribution in [3.63, 3.8) is 0 Å². The van der Waals surface area contributed by atoms with Crippen molar-refractivity contribution in [1.29, 1.82) is 0 Å². The van der Waals surface area contributed by atoms with Gasteiger partial charge in [0.15, 0.2) is 0 Å². The van der Waals surface area contributed by atoms with Gasteiger partial charge in [-0.25, -0.2) is 14.4 Å². The molecule has 0 bridgehead atoms. The Morgan fingerprint density at radius 2 is 1.93 bits per heavy atom. The van der Waals surface area contributed by atoms with Crippen LogP contribution >= 0.6 is 0 Å². The molecule has 0 fully saturated rings. The summed E-state index contributed by atoms with van der Waals surface area (Å²) in [7, 11) is 1.58. The van der Waals surface area contributed by atoms with Gasteiger partial charge in [-0.3, -0.25) is 4.98 Å². The van der Waals surface area contributed by atoms with Crippen molar-refractivity contribution < 1.29 is 13.5 Å². The van der Waals surface area contributed by atoms with E-state index >= 15 is 0 Å². The molecule has 0 atom stereocenters. The van der Waals surface area contributed by atoms with E-state index in [4.69, 9.17) is 4.74 Å². The van der Waals surface area contributed by atoms with E-state index in [9.17, 15) is 8.78 Å². The second-order valence-electron chi connectivity index (χ2n) is 6.53. The van der Waals surface area contributed by atoms with Crippen molar-refractivity contribution >= 4 is 11.0 Å². The minimum Gasteiger partial charge on any atom is -0.495 e. The number of methoxy groups -OCH3 is 1. The lowest BCUT2D eigenvalue weighted by atomic mass is 10.0. The molecule has 0 aromatic carbocycles. The molecular formula is C21H18F2N4O. The fourth-order valence-corrected chi connectivity index (χ4v) is 3.14. The number of aryl methyl sites for hydroxylation is 2. The molecule has 5 nitrogen and oxygen atoms in total. The Morgan fingerprint density at radius 1 is 1.04 bits per heavy atom. The van der Waals surface area contributed by atoms with E-state index < -0.39 is 5.95 Å². The molecule has 0 spiro atoms. The average molecular weight is 380 g/mol. The molecule has 0 amide bonds. The van der Waals surface area contributed by atoms with Crippen LogP contribution in [0.4, 0.5) is 8.78 Å². The van der Waals surface area contributed by atoms with E-state index in [-0.39, 0.29) is 5.82 Å². The number of aromatic amines is 1. The SMILES string of the molecule is COc1cnc2[nH]cc(Cc3ccc(CCc4cncc(F)c4)nc3F)c2c1. The fourth-order valence-electron chi connectivity index (χ4n) is 3.14. The quantitative estimate of drug-likeness (QED) is 0.513. The van der Waals surface area contributed by atoms with Crippen LogP contribution < -0.4 is 4.74 Å². The van der Waals surface area contributed by atoms with Gasteiger partial charge in [0.05, 0.1) is 19.5 Å². The number of pyridine rings is 3. The van der Waals surface area contributed by atoms with E-state index in [1.807, 2.05) is 12.3 Å². The van der Waals surface area contributed by atoms with Crippen LogP contribution in [0.5, 0.6) is 5.75 Å². The Hall–Kier alpha value is -3.35. The minimum absolute atomic E-state index is 0.378. The third-order valence-electron chi connectivity index (χ3n) is 4.62. The molecule has 28 heavy (non-hydrogen) atoms. The van der Waals surface area contributed by atoms with Crippen LogP contribution in [0.1, 0.15) is 22.4 Å². The highest BCUT2D eigenvalue weighted by atomic mass is 19.1. The molecule has 0 unspecified atom stereocenters. The molecule has 0 aliphatic heterocycles. The maximum Gasteiger partial charge on any atom is 0.216 e. The lowest BCUT2D eigenvalue weighted by molar-refractivity contribution is 0.413. The van der Waals surface area contributed by atoms with Crippen molar-refractivity contribution in [1.82, 2.24) is 19.9 Å². The highest BCUT2D eigenvalue weighted by Gasteiger charge is 2.12. The topological polar surface area (TPSA) is 63.7 Å². The lowest BCUT2D eigenvalue weighted by Crippen LogP contribution is -2.01. The zero-order valence-corrected chi connectivity index (χ0v) is 15.2. The lowest BCUT2D eigenvalue weighted by Gasteiger charge is -2.06. The van der Waals surface area contributed by atoms with E-state index in [0.717, 1.165) is 28.4 Å². The highest BCUT2D eigenvalue weighted by molar-refractivity contribution is 5.81. The first-order chi connectivity index (χ1) is 13.6. The summed E-state index contributed by atoms with van der Waals surface area (Å²) in [5, 5.41) is 0.890. The number of nitrogens with one attached hydrogen (secondary N) is 1. The fraction of sp³-hybridized carbons (Fsp3) is 0.190. The van der Waals surface area contributed by atoms with Crippen molar-refractivity contribution in [2.45, 2.75) is 19.3 Å². The molecule has 1 N–H and O–H groups in total. The average Bonchev–Trinajstić information content (AvgIpc) is 3.10. The van der Waals surface area contributed by atoms with Gasteiger partial charge in [-0.05, 0) is 42.2 Å². The predicted molar refractivity (Wildman–Crippen MR) is 101 cm³/mol. The number of aromatic nitrogens is 4. The smallest absolute Gasteiger partial charge is 0.216 e. The second-order valence-corrected chi connectivity index (χ2v) is 6.53. The number of ether oxygens (including phenoxy) is 1. The van der Waals surface area contributed by atoms with E-state index in [1.54, 1.807) is 31.6 Å². The molecule has 142 valence electrons. The van der Waals surface area contributed by atoms with Gasteiger partial charge in [-0.2, -0.15) is 4.39 Å². The van der Waals surface area contributed by atoms with Crippen LogP contribution in [-0.2, 0) is 19.3 Å². The maximum atomic E-state index is 14.5. The number of halogens is 2. The van der Waals surface area contributed by atoms with Gasteiger partial charge in [-0.1, -0.05) is 6.07 Å². The van der Waals surface area contributed by atoms with Crippen molar-refractivity contribution in [2.75, 3.05) is 7.11 Å². The molecule has 0 saturated heterocycles. The van der Waals surface area contributed by atoms with Gasteiger partial charge in [0.25, 0.3) is 0 Å². The van der Waals surface area contributed by atoms with Crippen molar-refractivity contribution in [3.05, 3.63) is 83.2 Å². The number of rotatable bonds is 6. The van der Waals surface area contributed by atoms with Gasteiger partial charge in [0, 0.05) is 35.5 Å². The van der Waals surface area contributed by atoms with Gasteiger partial charge >= 0.3 is 0 Å². The Kier molecular flexibility index (Phi) is 4.97. The summed E-state index contributed by atoms with van der Waals surface area (Å²) in [5.74, 6) is -0.231. The third kappa shape index (κ3) is 3.83. The molecule has 0 aliphatic carbocycles. The molecule has 7 heteroatoms. The molecule has 4 heterocycles. The maximum absolute atomic E-state index is 14.5. The first-order valence-corrected chi connectivity index (χ1v) is 8.86. The largest absolute Gasteiger partial charge is 0.495 e. The second kappa shape index (κ2) is 7.72. The summed E-state index contributed by atoms with van der Waals surface area (Å²) in [6.45, 7) is 0. The van der Waals surface area contributed by atoms with E-state index in [0.29, 0.717) is 36.3 Å². The van der Waals surface area contributed by atoms with Crippen LogP contribution in [0.15, 0.2) is 49.1 Å². The van der Waals surface area contributed by atoms with Crippen LogP contribution in [0, 0.1) is 11.8 Å². The molecule has 0 radical (unpaired) electrons. The van der Waals surface area contributed by atoms with E-state index in [2.05, 4.69) is 19.9 Å². The minimum atomic E-state index is -0.500.